The summed E-state index contributed by atoms with van der Waals surface area (Å²) in [4.78, 5) is 11.4. The number of aryl methyl sites for hydroxylation is 1. The first-order chi connectivity index (χ1) is 11.4. The Labute approximate surface area is 141 Å². The third-order valence-electron chi connectivity index (χ3n) is 3.37. The number of carbonyl (C=O) groups is 1. The lowest BCUT2D eigenvalue weighted by atomic mass is 10.2. The average molecular weight is 349 g/mol. The zero-order chi connectivity index (χ0) is 17.6. The fourth-order valence-corrected chi connectivity index (χ4v) is 3.20. The zero-order valence-electron chi connectivity index (χ0n) is 13.5. The molecular weight excluding hydrogens is 330 g/mol. The largest absolute Gasteiger partial charge is 0.497 e. The third kappa shape index (κ3) is 4.99. The van der Waals surface area contributed by atoms with E-state index in [0.29, 0.717) is 23.4 Å². The monoisotopic (exact) mass is 349 g/mol. The molecule has 0 radical (unpaired) electrons. The topological polar surface area (TPSA) is 81.7 Å². The number of esters is 1. The van der Waals surface area contributed by atoms with Crippen LogP contribution >= 0.6 is 0 Å². The van der Waals surface area contributed by atoms with Crippen LogP contribution in [0.4, 0.5) is 5.69 Å². The molecule has 0 atom stereocenters. The molecule has 0 saturated carbocycles. The molecular formula is C17H19NO5S. The predicted molar refractivity (Wildman–Crippen MR) is 91.9 cm³/mol. The van der Waals surface area contributed by atoms with E-state index in [-0.39, 0.29) is 5.75 Å². The Kier molecular flexibility index (Phi) is 5.81. The fraction of sp³-hybridized carbons (Fsp3) is 0.235. The second-order valence-corrected chi connectivity index (χ2v) is 6.93. The van der Waals surface area contributed by atoms with Crippen molar-refractivity contribution in [3.8, 4) is 5.75 Å². The van der Waals surface area contributed by atoms with Gasteiger partial charge in [-0.3, -0.25) is 4.72 Å². The molecule has 0 aliphatic rings. The molecule has 1 N–H and O–H groups in total. The average Bonchev–Trinajstić information content (AvgIpc) is 2.60. The second kappa shape index (κ2) is 7.83. The van der Waals surface area contributed by atoms with E-state index >= 15 is 0 Å². The second-order valence-electron chi connectivity index (χ2n) is 5.09. The molecule has 0 aromatic heterocycles. The molecule has 0 saturated heterocycles. The summed E-state index contributed by atoms with van der Waals surface area (Å²) in [6.45, 7) is 0. The molecule has 2 rings (SSSR count). The van der Waals surface area contributed by atoms with Gasteiger partial charge in [0.2, 0.25) is 10.0 Å². The summed E-state index contributed by atoms with van der Waals surface area (Å²) >= 11 is 0. The first kappa shape index (κ1) is 17.8. The van der Waals surface area contributed by atoms with Gasteiger partial charge in [-0.25, -0.2) is 13.2 Å². The Morgan fingerprint density at radius 3 is 2.42 bits per heavy atom. The van der Waals surface area contributed by atoms with Gasteiger partial charge in [-0.2, -0.15) is 0 Å². The Hall–Kier alpha value is -2.54. The van der Waals surface area contributed by atoms with Crippen molar-refractivity contribution < 1.29 is 22.7 Å². The van der Waals surface area contributed by atoms with Crippen molar-refractivity contribution in [1.82, 2.24) is 0 Å². The van der Waals surface area contributed by atoms with Crippen LogP contribution in [0.3, 0.4) is 0 Å². The third-order valence-corrected chi connectivity index (χ3v) is 4.66. The lowest BCUT2D eigenvalue weighted by molar-refractivity contribution is 0.0601. The number of hydrogen-bond donors (Lipinski definition) is 1. The highest BCUT2D eigenvalue weighted by Crippen LogP contribution is 2.15. The van der Waals surface area contributed by atoms with Crippen molar-refractivity contribution in [3.63, 3.8) is 0 Å². The van der Waals surface area contributed by atoms with E-state index in [4.69, 9.17) is 4.74 Å². The van der Waals surface area contributed by atoms with Crippen LogP contribution in [0.15, 0.2) is 48.5 Å². The van der Waals surface area contributed by atoms with Crippen molar-refractivity contribution in [3.05, 3.63) is 59.7 Å². The molecule has 0 aliphatic carbocycles. The predicted octanol–water partition coefficient (Wildman–Crippen LogP) is 2.47. The van der Waals surface area contributed by atoms with E-state index in [1.54, 1.807) is 19.2 Å². The van der Waals surface area contributed by atoms with Gasteiger partial charge < -0.3 is 9.47 Å². The highest BCUT2D eigenvalue weighted by Gasteiger charge is 2.12. The summed E-state index contributed by atoms with van der Waals surface area (Å²) < 4.78 is 36.5. The van der Waals surface area contributed by atoms with Crippen LogP contribution in [-0.2, 0) is 21.2 Å². The van der Waals surface area contributed by atoms with Gasteiger partial charge in [-0.1, -0.05) is 12.1 Å². The minimum Gasteiger partial charge on any atom is -0.497 e. The van der Waals surface area contributed by atoms with E-state index in [1.165, 1.54) is 31.4 Å². The summed E-state index contributed by atoms with van der Waals surface area (Å²) in [6, 6.07) is 13.3. The van der Waals surface area contributed by atoms with Crippen LogP contribution in [-0.4, -0.2) is 34.4 Å². The molecule has 6 nitrogen and oxygen atoms in total. The summed E-state index contributed by atoms with van der Waals surface area (Å²) in [7, 11) is -0.644. The molecule has 128 valence electrons. The smallest absolute Gasteiger partial charge is 0.337 e. The quantitative estimate of drug-likeness (QED) is 0.777. The maximum Gasteiger partial charge on any atom is 0.337 e. The Morgan fingerprint density at radius 2 is 1.79 bits per heavy atom. The van der Waals surface area contributed by atoms with Crippen LogP contribution < -0.4 is 9.46 Å². The molecule has 7 heteroatoms. The molecule has 24 heavy (non-hydrogen) atoms. The zero-order valence-corrected chi connectivity index (χ0v) is 14.3. The number of anilines is 1. The van der Waals surface area contributed by atoms with Crippen molar-refractivity contribution in [2.24, 2.45) is 0 Å². The van der Waals surface area contributed by atoms with Gasteiger partial charge in [-0.05, 0) is 48.4 Å². The SMILES string of the molecule is COC(=O)c1ccc(NS(=O)(=O)CCc2cccc(OC)c2)cc1. The van der Waals surface area contributed by atoms with E-state index in [9.17, 15) is 13.2 Å². The van der Waals surface area contributed by atoms with Crippen molar-refractivity contribution in [2.45, 2.75) is 6.42 Å². The van der Waals surface area contributed by atoms with Gasteiger partial charge in [0.25, 0.3) is 0 Å². The number of ether oxygens (including phenoxy) is 2. The van der Waals surface area contributed by atoms with Gasteiger partial charge in [0.15, 0.2) is 0 Å². The standard InChI is InChI=1S/C17H19NO5S/c1-22-16-5-3-4-13(12-16)10-11-24(20,21)18-15-8-6-14(7-9-15)17(19)23-2/h3-9,12,18H,10-11H2,1-2H3. The van der Waals surface area contributed by atoms with Crippen LogP contribution in [0.25, 0.3) is 0 Å². The number of benzene rings is 2. The molecule has 0 heterocycles. The number of nitrogens with one attached hydrogen (secondary N) is 1. The van der Waals surface area contributed by atoms with Crippen LogP contribution in [0.5, 0.6) is 5.75 Å². The highest BCUT2D eigenvalue weighted by molar-refractivity contribution is 7.92. The Balaban J connectivity index is 1.99. The Bertz CT molecular complexity index is 800. The van der Waals surface area contributed by atoms with Crippen LogP contribution in [0.1, 0.15) is 15.9 Å². The van der Waals surface area contributed by atoms with E-state index in [1.807, 2.05) is 12.1 Å². The minimum absolute atomic E-state index is 0.0566. The lowest BCUT2D eigenvalue weighted by Crippen LogP contribution is -2.18. The number of methoxy groups -OCH3 is 2. The lowest BCUT2D eigenvalue weighted by Gasteiger charge is -2.09. The number of hydrogen-bond acceptors (Lipinski definition) is 5. The molecule has 2 aromatic carbocycles. The summed E-state index contributed by atoms with van der Waals surface area (Å²) in [5, 5.41) is 0. The van der Waals surface area contributed by atoms with Gasteiger partial charge in [0.05, 0.1) is 25.5 Å². The minimum atomic E-state index is -3.50. The van der Waals surface area contributed by atoms with Gasteiger partial charge in [-0.15, -0.1) is 0 Å². The molecule has 0 spiro atoms. The van der Waals surface area contributed by atoms with Crippen molar-refractivity contribution in [2.75, 3.05) is 24.7 Å². The molecule has 2 aromatic rings. The van der Waals surface area contributed by atoms with Crippen molar-refractivity contribution >= 4 is 21.7 Å². The fourth-order valence-electron chi connectivity index (χ4n) is 2.10. The maximum atomic E-state index is 12.2. The first-order valence-corrected chi connectivity index (χ1v) is 8.90. The van der Waals surface area contributed by atoms with Crippen LogP contribution in [0, 0.1) is 0 Å². The summed E-state index contributed by atoms with van der Waals surface area (Å²) in [6.07, 6.45) is 0.368. The van der Waals surface area contributed by atoms with Gasteiger partial charge in [0.1, 0.15) is 5.75 Å². The molecule has 0 bridgehead atoms. The van der Waals surface area contributed by atoms with Gasteiger partial charge in [0, 0.05) is 5.69 Å². The van der Waals surface area contributed by atoms with Gasteiger partial charge >= 0.3 is 5.97 Å². The molecule has 0 fully saturated rings. The van der Waals surface area contributed by atoms with Crippen molar-refractivity contribution in [1.29, 1.82) is 0 Å². The highest BCUT2D eigenvalue weighted by atomic mass is 32.2. The molecule has 0 aliphatic heterocycles. The number of carbonyl (C=O) groups excluding carboxylic acids is 1. The first-order valence-electron chi connectivity index (χ1n) is 7.25. The summed E-state index contributed by atoms with van der Waals surface area (Å²) in [5.41, 5.74) is 1.63. The Morgan fingerprint density at radius 1 is 1.08 bits per heavy atom. The van der Waals surface area contributed by atoms with E-state index in [2.05, 4.69) is 9.46 Å². The van der Waals surface area contributed by atoms with E-state index in [0.717, 1.165) is 5.56 Å². The number of rotatable bonds is 7. The maximum absolute atomic E-state index is 12.2. The molecule has 0 unspecified atom stereocenters. The van der Waals surface area contributed by atoms with Crippen LogP contribution in [0.2, 0.25) is 0 Å². The summed E-state index contributed by atoms with van der Waals surface area (Å²) in [5.74, 6) is 0.164. The normalized spacial score (nSPS) is 10.9. The van der Waals surface area contributed by atoms with E-state index < -0.39 is 16.0 Å². The number of sulfonamides is 1. The molecule has 0 amide bonds.